The molecule has 1 aromatic rings. The van der Waals surface area contributed by atoms with Crippen molar-refractivity contribution < 1.29 is 9.53 Å². The topological polar surface area (TPSA) is 76.7 Å². The Bertz CT molecular complexity index is 492. The number of aliphatic imine (C=N–C) groups is 1. The molecule has 0 heterocycles. The zero-order valence-electron chi connectivity index (χ0n) is 13.9. The molecule has 0 radical (unpaired) electrons. The molecule has 0 bridgehead atoms. The van der Waals surface area contributed by atoms with Crippen molar-refractivity contribution in [3.05, 3.63) is 35.9 Å². The predicted molar refractivity (Wildman–Crippen MR) is 89.8 cm³/mol. The van der Waals surface area contributed by atoms with Crippen LogP contribution in [-0.2, 0) is 11.3 Å². The van der Waals surface area contributed by atoms with Crippen molar-refractivity contribution in [3.63, 3.8) is 0 Å². The van der Waals surface area contributed by atoms with Crippen molar-refractivity contribution in [2.45, 2.75) is 46.3 Å². The van der Waals surface area contributed by atoms with Crippen molar-refractivity contribution in [1.82, 2.24) is 5.32 Å². The van der Waals surface area contributed by atoms with Crippen LogP contribution < -0.4 is 11.1 Å². The highest BCUT2D eigenvalue weighted by atomic mass is 16.6. The third-order valence-electron chi connectivity index (χ3n) is 2.86. The van der Waals surface area contributed by atoms with Gasteiger partial charge in [-0.15, -0.1) is 0 Å². The van der Waals surface area contributed by atoms with Crippen LogP contribution in [0.1, 0.15) is 39.7 Å². The van der Waals surface area contributed by atoms with E-state index in [-0.39, 0.29) is 5.92 Å². The Labute approximate surface area is 133 Å². The molecule has 1 amide bonds. The van der Waals surface area contributed by atoms with Crippen LogP contribution in [0.5, 0.6) is 0 Å². The molecule has 0 aliphatic rings. The van der Waals surface area contributed by atoms with Gasteiger partial charge in [-0.05, 0) is 32.3 Å². The van der Waals surface area contributed by atoms with Crippen LogP contribution in [0.15, 0.2) is 35.3 Å². The fraction of sp³-hybridized carbons (Fsp3) is 0.529. The first-order valence-electron chi connectivity index (χ1n) is 7.56. The second-order valence-electron chi connectivity index (χ2n) is 6.49. The summed E-state index contributed by atoms with van der Waals surface area (Å²) in [6.07, 6.45) is 0.238. The van der Waals surface area contributed by atoms with Gasteiger partial charge >= 0.3 is 6.09 Å². The Kier molecular flexibility index (Phi) is 6.89. The standard InChI is InChI=1S/C17H27N3O2/c1-13(11-20-16(21)22-17(2,3)4)10-15(18)19-12-14-8-6-5-7-9-14/h5-9,13H,10-12H2,1-4H3,(H2,18,19)(H,20,21). The lowest BCUT2D eigenvalue weighted by Crippen LogP contribution is -2.35. The molecule has 0 fully saturated rings. The third-order valence-corrected chi connectivity index (χ3v) is 2.86. The molecule has 1 atom stereocenters. The van der Waals surface area contributed by atoms with Gasteiger partial charge in [0.05, 0.1) is 12.4 Å². The van der Waals surface area contributed by atoms with E-state index in [2.05, 4.69) is 10.3 Å². The van der Waals surface area contributed by atoms with Crippen molar-refractivity contribution >= 4 is 11.9 Å². The molecule has 1 unspecified atom stereocenters. The number of nitrogens with zero attached hydrogens (tertiary/aromatic N) is 1. The molecule has 22 heavy (non-hydrogen) atoms. The van der Waals surface area contributed by atoms with E-state index in [1.165, 1.54) is 0 Å². The molecule has 3 N–H and O–H groups in total. The molecule has 1 aromatic carbocycles. The molecule has 5 heteroatoms. The Balaban J connectivity index is 2.32. The number of amidine groups is 1. The van der Waals surface area contributed by atoms with Gasteiger partial charge in [-0.25, -0.2) is 4.79 Å². The molecule has 5 nitrogen and oxygen atoms in total. The van der Waals surface area contributed by atoms with Crippen molar-refractivity contribution in [3.8, 4) is 0 Å². The maximum Gasteiger partial charge on any atom is 0.407 e. The van der Waals surface area contributed by atoms with Gasteiger partial charge in [0.2, 0.25) is 0 Å². The van der Waals surface area contributed by atoms with E-state index in [9.17, 15) is 4.79 Å². The highest BCUT2D eigenvalue weighted by molar-refractivity contribution is 5.80. The number of alkyl carbamates (subject to hydrolysis) is 1. The van der Waals surface area contributed by atoms with Crippen molar-refractivity contribution in [1.29, 1.82) is 0 Å². The van der Waals surface area contributed by atoms with E-state index in [1.54, 1.807) is 0 Å². The average Bonchev–Trinajstić information content (AvgIpc) is 2.42. The first kappa shape index (κ1) is 18.0. The number of carbonyl (C=O) groups is 1. The first-order valence-corrected chi connectivity index (χ1v) is 7.56. The summed E-state index contributed by atoms with van der Waals surface area (Å²) in [6.45, 7) is 8.62. The number of ether oxygens (including phenoxy) is 1. The van der Waals surface area contributed by atoms with Gasteiger partial charge < -0.3 is 15.8 Å². The summed E-state index contributed by atoms with van der Waals surface area (Å²) in [5, 5.41) is 2.75. The van der Waals surface area contributed by atoms with Gasteiger partial charge in [0.1, 0.15) is 5.60 Å². The molecule has 122 valence electrons. The largest absolute Gasteiger partial charge is 0.444 e. The van der Waals surface area contributed by atoms with E-state index in [4.69, 9.17) is 10.5 Å². The monoisotopic (exact) mass is 305 g/mol. The van der Waals surface area contributed by atoms with Crippen molar-refractivity contribution in [2.75, 3.05) is 6.54 Å². The predicted octanol–water partition coefficient (Wildman–Crippen LogP) is 3.09. The molecule has 0 spiro atoms. The Hall–Kier alpha value is -2.04. The van der Waals surface area contributed by atoms with E-state index in [0.717, 1.165) is 5.56 Å². The minimum atomic E-state index is -0.483. The summed E-state index contributed by atoms with van der Waals surface area (Å²) in [5.74, 6) is 0.800. The summed E-state index contributed by atoms with van der Waals surface area (Å²) in [6, 6.07) is 9.97. The van der Waals surface area contributed by atoms with Gasteiger partial charge in [-0.3, -0.25) is 4.99 Å². The molecular weight excluding hydrogens is 278 g/mol. The second-order valence-corrected chi connectivity index (χ2v) is 6.49. The second kappa shape index (κ2) is 8.41. The molecule has 1 rings (SSSR count). The van der Waals surface area contributed by atoms with Gasteiger partial charge in [0.15, 0.2) is 0 Å². The van der Waals surface area contributed by atoms with Crippen LogP contribution in [0.4, 0.5) is 4.79 Å². The van der Waals surface area contributed by atoms with Crippen LogP contribution in [0.25, 0.3) is 0 Å². The molecular formula is C17H27N3O2. The van der Waals surface area contributed by atoms with Crippen LogP contribution >= 0.6 is 0 Å². The van der Waals surface area contributed by atoms with Gasteiger partial charge in [-0.2, -0.15) is 0 Å². The van der Waals surface area contributed by atoms with E-state index < -0.39 is 11.7 Å². The van der Waals surface area contributed by atoms with Crippen LogP contribution in [0.3, 0.4) is 0 Å². The van der Waals surface area contributed by atoms with E-state index in [0.29, 0.717) is 25.3 Å². The SMILES string of the molecule is CC(CNC(=O)OC(C)(C)C)CC(N)=NCc1ccccc1. The molecule has 0 aromatic heterocycles. The number of rotatable bonds is 6. The fourth-order valence-electron chi connectivity index (χ4n) is 1.84. The summed E-state index contributed by atoms with van der Waals surface area (Å²) >= 11 is 0. The molecule has 0 saturated heterocycles. The lowest BCUT2D eigenvalue weighted by molar-refractivity contribution is 0.0521. The number of benzene rings is 1. The summed E-state index contributed by atoms with van der Waals surface area (Å²) in [5.41, 5.74) is 6.58. The fourth-order valence-corrected chi connectivity index (χ4v) is 1.84. The zero-order valence-corrected chi connectivity index (χ0v) is 13.9. The van der Waals surface area contributed by atoms with Crippen molar-refractivity contribution in [2.24, 2.45) is 16.6 Å². The number of nitrogens with one attached hydrogen (secondary N) is 1. The number of amides is 1. The van der Waals surface area contributed by atoms with Crippen LogP contribution in [0.2, 0.25) is 0 Å². The first-order chi connectivity index (χ1) is 10.3. The smallest absolute Gasteiger partial charge is 0.407 e. The van der Waals surface area contributed by atoms with Crippen LogP contribution in [0, 0.1) is 5.92 Å². The lowest BCUT2D eigenvalue weighted by Gasteiger charge is -2.20. The van der Waals surface area contributed by atoms with E-state index >= 15 is 0 Å². The number of hydrogen-bond acceptors (Lipinski definition) is 3. The number of hydrogen-bond donors (Lipinski definition) is 2. The van der Waals surface area contributed by atoms with E-state index in [1.807, 2.05) is 58.0 Å². The minimum absolute atomic E-state index is 0.201. The van der Waals surface area contributed by atoms with Crippen LogP contribution in [-0.4, -0.2) is 24.1 Å². The summed E-state index contributed by atoms with van der Waals surface area (Å²) < 4.78 is 5.19. The van der Waals surface area contributed by atoms with Gasteiger partial charge in [0.25, 0.3) is 0 Å². The summed E-state index contributed by atoms with van der Waals surface area (Å²) in [7, 11) is 0. The highest BCUT2D eigenvalue weighted by Gasteiger charge is 2.16. The maximum atomic E-state index is 11.6. The van der Waals surface area contributed by atoms with Gasteiger partial charge in [-0.1, -0.05) is 37.3 Å². The third kappa shape index (κ3) is 8.29. The minimum Gasteiger partial charge on any atom is -0.444 e. The molecule has 0 aliphatic carbocycles. The number of carbonyl (C=O) groups excluding carboxylic acids is 1. The number of nitrogens with two attached hydrogens (primary N) is 1. The highest BCUT2D eigenvalue weighted by Crippen LogP contribution is 2.07. The Morgan fingerprint density at radius 3 is 2.55 bits per heavy atom. The zero-order chi connectivity index (χ0) is 16.6. The Morgan fingerprint density at radius 2 is 1.95 bits per heavy atom. The summed E-state index contributed by atoms with van der Waals surface area (Å²) in [4.78, 5) is 15.9. The van der Waals surface area contributed by atoms with Gasteiger partial charge in [0, 0.05) is 13.0 Å². The average molecular weight is 305 g/mol. The Morgan fingerprint density at radius 1 is 1.32 bits per heavy atom. The normalized spacial score (nSPS) is 13.5. The molecule has 0 saturated carbocycles. The maximum absolute atomic E-state index is 11.6. The quantitative estimate of drug-likeness (QED) is 0.626. The molecule has 0 aliphatic heterocycles. The lowest BCUT2D eigenvalue weighted by atomic mass is 10.1.